The number of rotatable bonds is 7. The molecule has 0 unspecified atom stereocenters. The number of methoxy groups -OCH3 is 1. The Morgan fingerprint density at radius 1 is 1.34 bits per heavy atom. The van der Waals surface area contributed by atoms with Crippen LogP contribution in [0.2, 0.25) is 0 Å². The Morgan fingerprint density at radius 2 is 2.13 bits per heavy atom. The van der Waals surface area contributed by atoms with Crippen molar-refractivity contribution >= 4 is 22.9 Å². The number of ether oxygens (including phenoxy) is 1. The van der Waals surface area contributed by atoms with Crippen molar-refractivity contribution in [3.8, 4) is 0 Å². The highest BCUT2D eigenvalue weighted by molar-refractivity contribution is 7.11. The summed E-state index contributed by atoms with van der Waals surface area (Å²) in [6, 6.07) is 5.09. The quantitative estimate of drug-likeness (QED) is 0.483. The number of thiazole rings is 1. The molecule has 3 heterocycles. The van der Waals surface area contributed by atoms with Crippen LogP contribution in [0.3, 0.4) is 0 Å². The first-order valence-corrected chi connectivity index (χ1v) is 13.5. The molecule has 1 aliphatic carbocycles. The van der Waals surface area contributed by atoms with Crippen molar-refractivity contribution in [1.29, 1.82) is 0 Å². The minimum absolute atomic E-state index is 0.0290. The fourth-order valence-electron chi connectivity index (χ4n) is 5.49. The third kappa shape index (κ3) is 5.74. The van der Waals surface area contributed by atoms with E-state index in [4.69, 9.17) is 9.57 Å². The van der Waals surface area contributed by atoms with Gasteiger partial charge in [-0.1, -0.05) is 12.1 Å². The highest BCUT2D eigenvalue weighted by Gasteiger charge is 2.40. The maximum absolute atomic E-state index is 13.2. The van der Waals surface area contributed by atoms with Crippen molar-refractivity contribution < 1.29 is 32.6 Å². The highest BCUT2D eigenvalue weighted by atomic mass is 32.1. The monoisotopic (exact) mass is 552 g/mol. The molecule has 38 heavy (non-hydrogen) atoms. The van der Waals surface area contributed by atoms with Crippen molar-refractivity contribution in [3.05, 3.63) is 57.0 Å². The van der Waals surface area contributed by atoms with Gasteiger partial charge in [0.1, 0.15) is 17.2 Å². The van der Waals surface area contributed by atoms with Gasteiger partial charge in [0.2, 0.25) is 0 Å². The van der Waals surface area contributed by atoms with Crippen LogP contribution in [0.15, 0.2) is 36.0 Å². The Morgan fingerprint density at radius 3 is 2.87 bits per heavy atom. The van der Waals surface area contributed by atoms with Crippen molar-refractivity contribution in [2.75, 3.05) is 26.8 Å². The zero-order chi connectivity index (χ0) is 26.9. The zero-order valence-corrected chi connectivity index (χ0v) is 21.8. The molecule has 1 aromatic heterocycles. The average Bonchev–Trinajstić information content (AvgIpc) is 3.66. The molecular formula is C26H31F3N4O4S. The largest absolute Gasteiger partial charge is 0.416 e. The molecule has 2 fully saturated rings. The number of nitrogens with one attached hydrogen (secondary N) is 2. The summed E-state index contributed by atoms with van der Waals surface area (Å²) in [4.78, 5) is 25.9. The van der Waals surface area contributed by atoms with Gasteiger partial charge in [0.05, 0.1) is 28.3 Å². The molecule has 1 aromatic carbocycles. The van der Waals surface area contributed by atoms with Crippen LogP contribution in [-0.4, -0.2) is 59.8 Å². The van der Waals surface area contributed by atoms with Gasteiger partial charge in [0.15, 0.2) is 0 Å². The Hall–Kier alpha value is -2.51. The van der Waals surface area contributed by atoms with Crippen molar-refractivity contribution in [3.63, 3.8) is 0 Å². The molecule has 0 spiro atoms. The van der Waals surface area contributed by atoms with E-state index in [1.54, 1.807) is 13.3 Å². The number of halogens is 3. The minimum Gasteiger partial charge on any atom is -0.384 e. The van der Waals surface area contributed by atoms with Crippen molar-refractivity contribution in [1.82, 2.24) is 20.7 Å². The molecule has 0 radical (unpaired) electrons. The number of benzene rings is 1. The number of hydrogen-bond acceptors (Lipinski definition) is 8. The number of alkyl halides is 3. The molecule has 2 aliphatic heterocycles. The standard InChI is InChI=1S/C26H31F3N4O4S/c1-36-15-22-30-12-21(38-22)25(35)8-5-19(6-9-25)33-10-7-18(13-33)31-24(34)20-14-37-32-23(20)16-3-2-4-17(11-16)26(27,28)29/h2-4,11-12,18-19,32,35H,5-10,13-15H2,1H3,(H,31,34)/t18-,19?,25?/m1/s1. The third-order valence-electron chi connectivity index (χ3n) is 7.58. The molecule has 5 rings (SSSR count). The summed E-state index contributed by atoms with van der Waals surface area (Å²) in [7, 11) is 1.62. The van der Waals surface area contributed by atoms with Crippen LogP contribution in [0.25, 0.3) is 5.70 Å². The molecular weight excluding hydrogens is 521 g/mol. The third-order valence-corrected chi connectivity index (χ3v) is 8.74. The zero-order valence-electron chi connectivity index (χ0n) is 21.0. The van der Waals surface area contributed by atoms with E-state index in [1.807, 2.05) is 0 Å². The number of carbonyl (C=O) groups is 1. The average molecular weight is 553 g/mol. The van der Waals surface area contributed by atoms with E-state index in [0.717, 1.165) is 47.8 Å². The van der Waals surface area contributed by atoms with E-state index in [2.05, 4.69) is 20.7 Å². The maximum Gasteiger partial charge on any atom is 0.416 e. The minimum atomic E-state index is -4.48. The summed E-state index contributed by atoms with van der Waals surface area (Å²) < 4.78 is 44.6. The van der Waals surface area contributed by atoms with Crippen LogP contribution in [0.4, 0.5) is 13.2 Å². The molecule has 2 aromatic rings. The number of hydrogen-bond donors (Lipinski definition) is 3. The van der Waals surface area contributed by atoms with Gasteiger partial charge in [-0.2, -0.15) is 13.2 Å². The second kappa shape index (κ2) is 10.9. The van der Waals surface area contributed by atoms with Crippen LogP contribution in [0.5, 0.6) is 0 Å². The Bertz CT molecular complexity index is 1190. The number of aromatic nitrogens is 1. The predicted octanol–water partition coefficient (Wildman–Crippen LogP) is 3.58. The molecule has 1 saturated carbocycles. The Kier molecular flexibility index (Phi) is 7.79. The SMILES string of the molecule is COCc1ncc(C2(O)CCC(N3CC[C@@H](NC(=O)C4=C(c5cccc(C(F)(F)F)c5)NOC4)C3)CC2)s1. The number of hydroxylamine groups is 1. The molecule has 1 atom stereocenters. The number of aliphatic hydroxyl groups is 1. The predicted molar refractivity (Wildman–Crippen MR) is 135 cm³/mol. The van der Waals surface area contributed by atoms with Crippen LogP contribution in [0, 0.1) is 0 Å². The summed E-state index contributed by atoms with van der Waals surface area (Å²) >= 11 is 1.49. The van der Waals surface area contributed by atoms with E-state index >= 15 is 0 Å². The van der Waals surface area contributed by atoms with Gasteiger partial charge in [0, 0.05) is 44.0 Å². The van der Waals surface area contributed by atoms with E-state index in [1.165, 1.54) is 23.5 Å². The van der Waals surface area contributed by atoms with Crippen LogP contribution < -0.4 is 10.8 Å². The van der Waals surface area contributed by atoms with Gasteiger partial charge in [-0.05, 0) is 44.2 Å². The molecule has 206 valence electrons. The fraction of sp³-hybridized carbons (Fsp3) is 0.538. The molecule has 12 heteroatoms. The number of carbonyl (C=O) groups excluding carboxylic acids is 1. The normalized spacial score (nSPS) is 26.6. The molecule has 1 amide bonds. The van der Waals surface area contributed by atoms with Crippen LogP contribution in [-0.2, 0) is 32.8 Å². The summed E-state index contributed by atoms with van der Waals surface area (Å²) in [6.07, 6.45) is 1.04. The molecule has 3 aliphatic rings. The molecule has 1 saturated heterocycles. The lowest BCUT2D eigenvalue weighted by atomic mass is 9.81. The van der Waals surface area contributed by atoms with E-state index < -0.39 is 17.3 Å². The summed E-state index contributed by atoms with van der Waals surface area (Å²) in [5, 5.41) is 15.1. The lowest BCUT2D eigenvalue weighted by molar-refractivity contribution is -0.137. The molecule has 0 bridgehead atoms. The second-order valence-electron chi connectivity index (χ2n) is 10.1. The Balaban J connectivity index is 1.17. The van der Waals surface area contributed by atoms with Crippen LogP contribution >= 0.6 is 11.3 Å². The summed E-state index contributed by atoms with van der Waals surface area (Å²) in [5.41, 5.74) is 1.74. The van der Waals surface area contributed by atoms with Gasteiger partial charge in [-0.15, -0.1) is 11.3 Å². The first-order chi connectivity index (χ1) is 18.2. The van der Waals surface area contributed by atoms with Crippen molar-refractivity contribution in [2.24, 2.45) is 0 Å². The molecule has 8 nitrogen and oxygen atoms in total. The summed E-state index contributed by atoms with van der Waals surface area (Å²) in [6.45, 7) is 1.93. The van der Waals surface area contributed by atoms with E-state index in [0.29, 0.717) is 32.0 Å². The van der Waals surface area contributed by atoms with Crippen molar-refractivity contribution in [2.45, 2.75) is 62.6 Å². The fourth-order valence-corrected chi connectivity index (χ4v) is 6.53. The first-order valence-electron chi connectivity index (χ1n) is 12.7. The summed E-state index contributed by atoms with van der Waals surface area (Å²) in [5.74, 6) is -0.343. The second-order valence-corrected chi connectivity index (χ2v) is 11.2. The van der Waals surface area contributed by atoms with Gasteiger partial charge in [-0.3, -0.25) is 20.0 Å². The number of likely N-dealkylation sites (tertiary alicyclic amines) is 1. The smallest absolute Gasteiger partial charge is 0.384 e. The Labute approximate surface area is 222 Å². The lowest BCUT2D eigenvalue weighted by Crippen LogP contribution is -2.43. The number of nitrogens with zero attached hydrogens (tertiary/aromatic N) is 2. The van der Waals surface area contributed by atoms with Gasteiger partial charge in [0.25, 0.3) is 5.91 Å². The van der Waals surface area contributed by atoms with E-state index in [-0.39, 0.29) is 35.4 Å². The molecule has 3 N–H and O–H groups in total. The van der Waals surface area contributed by atoms with Gasteiger partial charge >= 0.3 is 6.18 Å². The van der Waals surface area contributed by atoms with Gasteiger partial charge < -0.3 is 15.2 Å². The topological polar surface area (TPSA) is 96.0 Å². The van der Waals surface area contributed by atoms with E-state index in [9.17, 15) is 23.1 Å². The first kappa shape index (κ1) is 27.1. The maximum atomic E-state index is 13.2. The highest BCUT2D eigenvalue weighted by Crippen LogP contribution is 2.41. The van der Waals surface area contributed by atoms with Crippen LogP contribution in [0.1, 0.15) is 53.1 Å². The lowest BCUT2D eigenvalue weighted by Gasteiger charge is -2.39. The number of amides is 1. The van der Waals surface area contributed by atoms with Gasteiger partial charge in [-0.25, -0.2) is 4.98 Å².